The van der Waals surface area contributed by atoms with Gasteiger partial charge in [-0.3, -0.25) is 5.10 Å². The first kappa shape index (κ1) is 17.2. The van der Waals surface area contributed by atoms with E-state index >= 15 is 0 Å². The summed E-state index contributed by atoms with van der Waals surface area (Å²) in [6.45, 7) is 4.67. The van der Waals surface area contributed by atoms with E-state index in [0.717, 1.165) is 23.3 Å². The van der Waals surface area contributed by atoms with E-state index in [1.54, 1.807) is 16.6 Å². The zero-order chi connectivity index (χ0) is 18.8. The minimum Gasteiger partial charge on any atom is -0.322 e. The molecule has 0 saturated heterocycles. The van der Waals surface area contributed by atoms with Gasteiger partial charge in [-0.25, -0.2) is 13.9 Å². The highest BCUT2D eigenvalue weighted by Crippen LogP contribution is 2.24. The van der Waals surface area contributed by atoms with Gasteiger partial charge in [-0.05, 0) is 43.3 Å². The second-order valence-corrected chi connectivity index (χ2v) is 6.26. The Balaban J connectivity index is 1.78. The molecule has 3 heterocycles. The summed E-state index contributed by atoms with van der Waals surface area (Å²) in [5.41, 5.74) is 2.69. The molecule has 0 radical (unpaired) electrons. The van der Waals surface area contributed by atoms with Crippen LogP contribution in [0.25, 0.3) is 5.52 Å². The fourth-order valence-corrected chi connectivity index (χ4v) is 2.99. The molecule has 0 fully saturated rings. The van der Waals surface area contributed by atoms with Crippen molar-refractivity contribution >= 4 is 17.2 Å². The lowest BCUT2D eigenvalue weighted by molar-refractivity contribution is 0.579. The van der Waals surface area contributed by atoms with Crippen LogP contribution in [0, 0.1) is 12.7 Å². The third-order valence-electron chi connectivity index (χ3n) is 4.23. The fourth-order valence-electron chi connectivity index (χ4n) is 2.99. The van der Waals surface area contributed by atoms with E-state index in [1.807, 2.05) is 38.2 Å². The molecule has 4 rings (SSSR count). The number of rotatable bonds is 6. The Morgan fingerprint density at radius 3 is 2.74 bits per heavy atom. The van der Waals surface area contributed by atoms with Crippen molar-refractivity contribution in [2.45, 2.75) is 19.9 Å². The highest BCUT2D eigenvalue weighted by molar-refractivity contribution is 5.72. The van der Waals surface area contributed by atoms with Gasteiger partial charge in [0, 0.05) is 18.0 Å². The molecule has 0 bridgehead atoms. The van der Waals surface area contributed by atoms with Crippen molar-refractivity contribution in [2.75, 3.05) is 11.9 Å². The SMILES string of the molecule is CCNC(c1ccc(F)cc1)c1nc(Nc2cc(C)[nH]n2)c2cccn2n1. The molecular formula is C19H20FN7. The standard InChI is InChI=1S/C19H20FN7/c1-3-21-17(13-6-8-14(20)9-7-13)19-23-18(15-5-4-10-27(15)26-19)22-16-11-12(2)24-25-16/h4-11,17,21H,3H2,1-2H3,(H2,22,23,24,25,26). The van der Waals surface area contributed by atoms with Gasteiger partial charge in [0.1, 0.15) is 11.3 Å². The van der Waals surface area contributed by atoms with E-state index in [4.69, 9.17) is 4.98 Å². The Morgan fingerprint density at radius 1 is 1.22 bits per heavy atom. The van der Waals surface area contributed by atoms with Crippen LogP contribution in [0.1, 0.15) is 30.0 Å². The molecule has 1 unspecified atom stereocenters. The minimum atomic E-state index is -0.271. The molecule has 4 aromatic rings. The van der Waals surface area contributed by atoms with Crippen LogP contribution < -0.4 is 10.6 Å². The van der Waals surface area contributed by atoms with Gasteiger partial charge in [0.15, 0.2) is 17.5 Å². The van der Waals surface area contributed by atoms with Crippen LogP contribution >= 0.6 is 0 Å². The first-order valence-corrected chi connectivity index (χ1v) is 8.77. The summed E-state index contributed by atoms with van der Waals surface area (Å²) < 4.78 is 15.1. The third-order valence-corrected chi connectivity index (χ3v) is 4.23. The number of anilines is 2. The maximum absolute atomic E-state index is 13.3. The lowest BCUT2D eigenvalue weighted by atomic mass is 10.1. The molecule has 0 amide bonds. The number of halogens is 1. The summed E-state index contributed by atoms with van der Waals surface area (Å²) in [6, 6.07) is 11.9. The summed E-state index contributed by atoms with van der Waals surface area (Å²) in [6.07, 6.45) is 1.87. The highest BCUT2D eigenvalue weighted by atomic mass is 19.1. The molecule has 8 heteroatoms. The van der Waals surface area contributed by atoms with Gasteiger partial charge in [0.25, 0.3) is 0 Å². The molecule has 0 aliphatic heterocycles. The van der Waals surface area contributed by atoms with Crippen LogP contribution in [-0.2, 0) is 0 Å². The molecule has 7 nitrogen and oxygen atoms in total. The van der Waals surface area contributed by atoms with Crippen LogP contribution in [-0.4, -0.2) is 31.3 Å². The van der Waals surface area contributed by atoms with Crippen LogP contribution in [0.4, 0.5) is 16.0 Å². The maximum Gasteiger partial charge on any atom is 0.173 e. The highest BCUT2D eigenvalue weighted by Gasteiger charge is 2.19. The number of nitrogens with zero attached hydrogens (tertiary/aromatic N) is 4. The Bertz CT molecular complexity index is 1050. The first-order chi connectivity index (χ1) is 13.1. The van der Waals surface area contributed by atoms with Crippen LogP contribution in [0.5, 0.6) is 0 Å². The average molecular weight is 365 g/mol. The Hall–Kier alpha value is -3.26. The van der Waals surface area contributed by atoms with Gasteiger partial charge in [0.05, 0.1) is 6.04 Å². The average Bonchev–Trinajstić information content (AvgIpc) is 3.29. The van der Waals surface area contributed by atoms with Gasteiger partial charge >= 0.3 is 0 Å². The van der Waals surface area contributed by atoms with Gasteiger partial charge in [-0.2, -0.15) is 10.2 Å². The van der Waals surface area contributed by atoms with Crippen molar-refractivity contribution in [1.29, 1.82) is 0 Å². The number of aryl methyl sites for hydroxylation is 1. The van der Waals surface area contributed by atoms with Gasteiger partial charge in [0.2, 0.25) is 0 Å². The molecule has 0 spiro atoms. The van der Waals surface area contributed by atoms with Gasteiger partial charge < -0.3 is 10.6 Å². The molecular weight excluding hydrogens is 345 g/mol. The van der Waals surface area contributed by atoms with Crippen molar-refractivity contribution in [1.82, 2.24) is 30.1 Å². The minimum absolute atomic E-state index is 0.260. The molecule has 138 valence electrons. The number of benzene rings is 1. The summed E-state index contributed by atoms with van der Waals surface area (Å²) >= 11 is 0. The van der Waals surface area contributed by atoms with Gasteiger partial charge in [-0.1, -0.05) is 19.1 Å². The summed E-state index contributed by atoms with van der Waals surface area (Å²) in [4.78, 5) is 4.74. The molecule has 0 aliphatic rings. The number of H-pyrrole nitrogens is 1. The van der Waals surface area contributed by atoms with Crippen molar-refractivity contribution in [2.24, 2.45) is 0 Å². The van der Waals surface area contributed by atoms with E-state index in [9.17, 15) is 4.39 Å². The van der Waals surface area contributed by atoms with E-state index in [2.05, 4.69) is 25.9 Å². The number of fused-ring (bicyclic) bond motifs is 1. The molecule has 27 heavy (non-hydrogen) atoms. The van der Waals surface area contributed by atoms with E-state index < -0.39 is 0 Å². The Morgan fingerprint density at radius 2 is 2.04 bits per heavy atom. The zero-order valence-corrected chi connectivity index (χ0v) is 15.1. The quantitative estimate of drug-likeness (QED) is 0.488. The van der Waals surface area contributed by atoms with Crippen LogP contribution in [0.15, 0.2) is 48.7 Å². The maximum atomic E-state index is 13.3. The fraction of sp³-hybridized carbons (Fsp3) is 0.211. The van der Waals surface area contributed by atoms with E-state index in [-0.39, 0.29) is 11.9 Å². The smallest absolute Gasteiger partial charge is 0.173 e. The van der Waals surface area contributed by atoms with Crippen molar-refractivity contribution < 1.29 is 4.39 Å². The Kier molecular flexibility index (Phi) is 4.55. The molecule has 3 aromatic heterocycles. The summed E-state index contributed by atoms with van der Waals surface area (Å²) in [5.74, 6) is 1.65. The van der Waals surface area contributed by atoms with Crippen LogP contribution in [0.3, 0.4) is 0 Å². The summed E-state index contributed by atoms with van der Waals surface area (Å²) in [7, 11) is 0. The topological polar surface area (TPSA) is 82.9 Å². The number of hydrogen-bond donors (Lipinski definition) is 3. The monoisotopic (exact) mass is 365 g/mol. The summed E-state index contributed by atoms with van der Waals surface area (Å²) in [5, 5.41) is 18.4. The number of nitrogens with one attached hydrogen (secondary N) is 3. The van der Waals surface area contributed by atoms with Crippen molar-refractivity contribution in [3.8, 4) is 0 Å². The number of aromatic amines is 1. The van der Waals surface area contributed by atoms with Crippen LogP contribution in [0.2, 0.25) is 0 Å². The number of aromatic nitrogens is 5. The predicted molar refractivity (Wildman–Crippen MR) is 102 cm³/mol. The Labute approximate surface area is 155 Å². The first-order valence-electron chi connectivity index (χ1n) is 8.77. The lowest BCUT2D eigenvalue weighted by Gasteiger charge is -2.18. The van der Waals surface area contributed by atoms with Crippen molar-refractivity contribution in [3.63, 3.8) is 0 Å². The van der Waals surface area contributed by atoms with Gasteiger partial charge in [-0.15, -0.1) is 0 Å². The van der Waals surface area contributed by atoms with Crippen molar-refractivity contribution in [3.05, 3.63) is 71.6 Å². The number of hydrogen-bond acceptors (Lipinski definition) is 5. The molecule has 0 saturated carbocycles. The predicted octanol–water partition coefficient (Wildman–Crippen LogP) is 3.34. The molecule has 1 aromatic carbocycles. The largest absolute Gasteiger partial charge is 0.322 e. The zero-order valence-electron chi connectivity index (χ0n) is 15.1. The van der Waals surface area contributed by atoms with E-state index in [0.29, 0.717) is 17.5 Å². The molecule has 1 atom stereocenters. The second-order valence-electron chi connectivity index (χ2n) is 6.26. The lowest BCUT2D eigenvalue weighted by Crippen LogP contribution is -2.25. The normalized spacial score (nSPS) is 12.4. The molecule has 3 N–H and O–H groups in total. The van der Waals surface area contributed by atoms with E-state index in [1.165, 1.54) is 12.1 Å². The third kappa shape index (κ3) is 3.52. The second kappa shape index (κ2) is 7.16. The molecule has 0 aliphatic carbocycles.